The van der Waals surface area contributed by atoms with Crippen molar-refractivity contribution in [2.45, 2.75) is 26.4 Å². The van der Waals surface area contributed by atoms with E-state index in [0.717, 1.165) is 5.56 Å². The molecule has 3 aromatic rings. The molecular weight excluding hydrogens is 364 g/mol. The van der Waals surface area contributed by atoms with Gasteiger partial charge in [-0.3, -0.25) is 9.20 Å². The summed E-state index contributed by atoms with van der Waals surface area (Å²) in [6, 6.07) is 7.64. The van der Waals surface area contributed by atoms with Crippen LogP contribution < -0.4 is 10.9 Å². The SMILES string of the molecule is Cc1ccc2nc(CN[C@@H](C)c3cc(F)c(Cl)cc3Cl)cc(=O)n2c1. The lowest BCUT2D eigenvalue weighted by atomic mass is 10.1. The van der Waals surface area contributed by atoms with E-state index < -0.39 is 5.82 Å². The molecule has 1 atom stereocenters. The summed E-state index contributed by atoms with van der Waals surface area (Å²) in [5.74, 6) is -0.521. The maximum absolute atomic E-state index is 13.7. The molecule has 0 radical (unpaired) electrons. The predicted octanol–water partition coefficient (Wildman–Crippen LogP) is 4.30. The molecule has 130 valence electrons. The standard InChI is InChI=1S/C18H16Cl2FN3O/c1-10-3-4-17-23-12(5-18(25)24(17)9-10)8-22-11(2)13-6-16(21)15(20)7-14(13)19/h3-7,9,11,22H,8H2,1-2H3/t11-/m0/s1. The van der Waals surface area contributed by atoms with Crippen LogP contribution in [0.2, 0.25) is 10.0 Å². The third kappa shape index (κ3) is 3.84. The average Bonchev–Trinajstić information content (AvgIpc) is 2.56. The molecule has 0 unspecified atom stereocenters. The summed E-state index contributed by atoms with van der Waals surface area (Å²) < 4.78 is 15.2. The quantitative estimate of drug-likeness (QED) is 0.687. The van der Waals surface area contributed by atoms with E-state index in [1.807, 2.05) is 19.9 Å². The number of nitrogens with one attached hydrogen (secondary N) is 1. The van der Waals surface area contributed by atoms with Crippen molar-refractivity contribution in [1.29, 1.82) is 0 Å². The van der Waals surface area contributed by atoms with Gasteiger partial charge in [0.15, 0.2) is 0 Å². The number of nitrogens with zero attached hydrogens (tertiary/aromatic N) is 2. The van der Waals surface area contributed by atoms with Crippen molar-refractivity contribution in [1.82, 2.24) is 14.7 Å². The lowest BCUT2D eigenvalue weighted by molar-refractivity contribution is 0.559. The molecule has 0 amide bonds. The zero-order valence-corrected chi connectivity index (χ0v) is 15.2. The molecule has 7 heteroatoms. The van der Waals surface area contributed by atoms with Gasteiger partial charge in [-0.05, 0) is 43.2 Å². The average molecular weight is 380 g/mol. The maximum atomic E-state index is 13.7. The van der Waals surface area contributed by atoms with Crippen LogP contribution in [0.25, 0.3) is 5.65 Å². The first-order valence-corrected chi connectivity index (χ1v) is 8.47. The van der Waals surface area contributed by atoms with Crippen LogP contribution in [0, 0.1) is 12.7 Å². The van der Waals surface area contributed by atoms with E-state index >= 15 is 0 Å². The molecule has 4 nitrogen and oxygen atoms in total. The predicted molar refractivity (Wildman–Crippen MR) is 97.9 cm³/mol. The Bertz CT molecular complexity index is 1000. The molecule has 0 aliphatic heterocycles. The number of aryl methyl sites for hydroxylation is 1. The Hall–Kier alpha value is -1.95. The first kappa shape index (κ1) is 17.9. The smallest absolute Gasteiger partial charge is 0.258 e. The van der Waals surface area contributed by atoms with Crippen molar-refractivity contribution >= 4 is 28.8 Å². The van der Waals surface area contributed by atoms with Crippen LogP contribution >= 0.6 is 23.2 Å². The first-order chi connectivity index (χ1) is 11.8. The molecular formula is C18H16Cl2FN3O. The van der Waals surface area contributed by atoms with E-state index in [0.29, 0.717) is 28.5 Å². The van der Waals surface area contributed by atoms with Crippen LogP contribution in [0.15, 0.2) is 41.3 Å². The number of hydrogen-bond donors (Lipinski definition) is 1. The third-order valence-corrected chi connectivity index (χ3v) is 4.57. The molecule has 0 aliphatic rings. The fourth-order valence-electron chi connectivity index (χ4n) is 2.59. The Labute approximate surface area is 154 Å². The van der Waals surface area contributed by atoms with Gasteiger partial charge < -0.3 is 5.32 Å². The van der Waals surface area contributed by atoms with Crippen molar-refractivity contribution in [3.05, 3.63) is 79.6 Å². The van der Waals surface area contributed by atoms with E-state index in [1.165, 1.54) is 22.6 Å². The summed E-state index contributed by atoms with van der Waals surface area (Å²) in [4.78, 5) is 16.7. The Morgan fingerprint density at radius 1 is 1.24 bits per heavy atom. The number of hydrogen-bond acceptors (Lipinski definition) is 3. The Morgan fingerprint density at radius 2 is 2.00 bits per heavy atom. The minimum Gasteiger partial charge on any atom is -0.305 e. The number of fused-ring (bicyclic) bond motifs is 1. The van der Waals surface area contributed by atoms with E-state index in [1.54, 1.807) is 12.3 Å². The first-order valence-electron chi connectivity index (χ1n) is 7.72. The molecule has 0 bridgehead atoms. The van der Waals surface area contributed by atoms with Crippen molar-refractivity contribution in [2.75, 3.05) is 0 Å². The normalized spacial score (nSPS) is 12.5. The van der Waals surface area contributed by atoms with Gasteiger partial charge in [0, 0.05) is 29.9 Å². The van der Waals surface area contributed by atoms with Crippen molar-refractivity contribution in [3.63, 3.8) is 0 Å². The molecule has 0 spiro atoms. The van der Waals surface area contributed by atoms with Crippen molar-refractivity contribution in [3.8, 4) is 0 Å². The number of halogens is 3. The second-order valence-electron chi connectivity index (χ2n) is 5.91. The molecule has 2 aromatic heterocycles. The molecule has 0 fully saturated rings. The highest BCUT2D eigenvalue weighted by Gasteiger charge is 2.14. The second kappa shape index (κ2) is 7.12. The summed E-state index contributed by atoms with van der Waals surface area (Å²) in [5, 5.41) is 3.57. The molecule has 0 saturated heterocycles. The van der Waals surface area contributed by atoms with Crippen LogP contribution in [0.5, 0.6) is 0 Å². The molecule has 25 heavy (non-hydrogen) atoms. The zero-order chi connectivity index (χ0) is 18.1. The molecule has 0 saturated carbocycles. The minimum atomic E-state index is -0.521. The van der Waals surface area contributed by atoms with Crippen LogP contribution in [-0.4, -0.2) is 9.38 Å². The van der Waals surface area contributed by atoms with Gasteiger partial charge in [0.05, 0.1) is 10.7 Å². The topological polar surface area (TPSA) is 46.4 Å². The maximum Gasteiger partial charge on any atom is 0.258 e. The van der Waals surface area contributed by atoms with Gasteiger partial charge in [-0.15, -0.1) is 0 Å². The largest absolute Gasteiger partial charge is 0.305 e. The van der Waals surface area contributed by atoms with E-state index in [-0.39, 0.29) is 16.6 Å². The Balaban J connectivity index is 1.82. The van der Waals surface area contributed by atoms with Crippen LogP contribution in [0.1, 0.15) is 29.8 Å². The summed E-state index contributed by atoms with van der Waals surface area (Å²) >= 11 is 11.9. The molecule has 0 aliphatic carbocycles. The highest BCUT2D eigenvalue weighted by Crippen LogP contribution is 2.28. The van der Waals surface area contributed by atoms with Crippen molar-refractivity contribution in [2.24, 2.45) is 0 Å². The van der Waals surface area contributed by atoms with Gasteiger partial charge in [0.2, 0.25) is 0 Å². The number of benzene rings is 1. The fraction of sp³-hybridized carbons (Fsp3) is 0.222. The summed E-state index contributed by atoms with van der Waals surface area (Å²) in [6.07, 6.45) is 1.75. The molecule has 1 N–H and O–H groups in total. The van der Waals surface area contributed by atoms with Gasteiger partial charge in [0.1, 0.15) is 11.5 Å². The third-order valence-electron chi connectivity index (χ3n) is 3.96. The highest BCUT2D eigenvalue weighted by molar-refractivity contribution is 6.35. The van der Waals surface area contributed by atoms with E-state index in [2.05, 4.69) is 10.3 Å². The summed E-state index contributed by atoms with van der Waals surface area (Å²) in [7, 11) is 0. The van der Waals surface area contributed by atoms with Crippen molar-refractivity contribution < 1.29 is 4.39 Å². The van der Waals surface area contributed by atoms with Crippen LogP contribution in [-0.2, 0) is 6.54 Å². The Kier molecular flexibility index (Phi) is 5.08. The monoisotopic (exact) mass is 379 g/mol. The molecule has 1 aromatic carbocycles. The lowest BCUT2D eigenvalue weighted by Gasteiger charge is -2.16. The summed E-state index contributed by atoms with van der Waals surface area (Å²) in [5.41, 5.74) is 2.62. The van der Waals surface area contributed by atoms with E-state index in [9.17, 15) is 9.18 Å². The number of rotatable bonds is 4. The summed E-state index contributed by atoms with van der Waals surface area (Å²) in [6.45, 7) is 4.12. The van der Waals surface area contributed by atoms with Gasteiger partial charge in [-0.25, -0.2) is 9.37 Å². The fourth-order valence-corrected chi connectivity index (χ4v) is 3.13. The highest BCUT2D eigenvalue weighted by atomic mass is 35.5. The Morgan fingerprint density at radius 3 is 2.76 bits per heavy atom. The lowest BCUT2D eigenvalue weighted by Crippen LogP contribution is -2.22. The van der Waals surface area contributed by atoms with Gasteiger partial charge in [0.25, 0.3) is 5.56 Å². The van der Waals surface area contributed by atoms with E-state index in [4.69, 9.17) is 23.2 Å². The van der Waals surface area contributed by atoms with Gasteiger partial charge in [-0.1, -0.05) is 29.3 Å². The van der Waals surface area contributed by atoms with Crippen LogP contribution in [0.3, 0.4) is 0 Å². The minimum absolute atomic E-state index is 0.0135. The van der Waals surface area contributed by atoms with Gasteiger partial charge in [-0.2, -0.15) is 0 Å². The number of aromatic nitrogens is 2. The van der Waals surface area contributed by atoms with Crippen LogP contribution in [0.4, 0.5) is 4.39 Å². The second-order valence-corrected chi connectivity index (χ2v) is 6.73. The zero-order valence-electron chi connectivity index (χ0n) is 13.7. The number of pyridine rings is 1. The molecule has 3 rings (SSSR count). The molecule has 2 heterocycles. The van der Waals surface area contributed by atoms with Gasteiger partial charge >= 0.3 is 0 Å².